The summed E-state index contributed by atoms with van der Waals surface area (Å²) in [4.78, 5) is 26.1. The fraction of sp³-hybridized carbons (Fsp3) is 0.457. The number of amides is 2. The molecule has 1 fully saturated rings. The number of hydrogen-bond donors (Lipinski definition) is 1. The quantitative estimate of drug-likeness (QED) is 0.215. The van der Waals surface area contributed by atoms with Crippen molar-refractivity contribution in [3.63, 3.8) is 0 Å². The zero-order valence-corrected chi connectivity index (χ0v) is 25.7. The number of alkyl halides is 3. The molecule has 6 nitrogen and oxygen atoms in total. The van der Waals surface area contributed by atoms with Gasteiger partial charge in [0.25, 0.3) is 5.69 Å². The van der Waals surface area contributed by atoms with Crippen LogP contribution in [-0.2, 0) is 24.6 Å². The second-order valence-corrected chi connectivity index (χ2v) is 13.4. The zero-order chi connectivity index (χ0) is 31.9. The van der Waals surface area contributed by atoms with Crippen LogP contribution in [0, 0.1) is 21.4 Å². The number of hydrogen-bond acceptors (Lipinski definition) is 3. The highest BCUT2D eigenvalue weighted by Gasteiger charge is 2.52. The number of nitro benzene ring substituents is 1. The summed E-state index contributed by atoms with van der Waals surface area (Å²) in [6, 6.07) is 17.1. The van der Waals surface area contributed by atoms with Crippen LogP contribution in [0.5, 0.6) is 0 Å². The fourth-order valence-corrected chi connectivity index (χ4v) is 7.72. The molecule has 3 atom stereocenters. The third-order valence-corrected chi connectivity index (χ3v) is 9.99. The molecular weight excluding hydrogens is 567 g/mol. The molecule has 44 heavy (non-hydrogen) atoms. The van der Waals surface area contributed by atoms with Gasteiger partial charge in [-0.2, -0.15) is 13.2 Å². The fourth-order valence-electron chi connectivity index (χ4n) is 7.72. The lowest BCUT2D eigenvalue weighted by Gasteiger charge is -2.56. The Morgan fingerprint density at radius 3 is 2.34 bits per heavy atom. The molecule has 234 valence electrons. The summed E-state index contributed by atoms with van der Waals surface area (Å²) in [6.07, 6.45) is 0.529. The third-order valence-electron chi connectivity index (χ3n) is 9.99. The van der Waals surface area contributed by atoms with E-state index in [1.165, 1.54) is 53.1 Å². The maximum Gasteiger partial charge on any atom is 0.416 e. The van der Waals surface area contributed by atoms with Crippen molar-refractivity contribution in [2.75, 3.05) is 11.9 Å². The summed E-state index contributed by atoms with van der Waals surface area (Å²) in [7, 11) is 0. The van der Waals surface area contributed by atoms with E-state index in [0.717, 1.165) is 44.2 Å². The number of rotatable bonds is 7. The molecule has 3 aromatic rings. The Hall–Kier alpha value is -3.88. The average molecular weight is 608 g/mol. The molecule has 3 aromatic carbocycles. The molecule has 0 saturated heterocycles. The van der Waals surface area contributed by atoms with E-state index < -0.39 is 22.7 Å². The molecule has 3 unspecified atom stereocenters. The van der Waals surface area contributed by atoms with E-state index in [-0.39, 0.29) is 23.1 Å². The van der Waals surface area contributed by atoms with Gasteiger partial charge in [-0.3, -0.25) is 10.1 Å². The number of urea groups is 1. The van der Waals surface area contributed by atoms with Crippen molar-refractivity contribution >= 4 is 17.4 Å². The number of halogens is 3. The Kier molecular flexibility index (Phi) is 8.53. The number of aryl methyl sites for hydroxylation is 1. The molecule has 2 aliphatic carbocycles. The topological polar surface area (TPSA) is 75.5 Å². The molecule has 2 aliphatic rings. The summed E-state index contributed by atoms with van der Waals surface area (Å²) in [5.74, 6) is 0.763. The van der Waals surface area contributed by atoms with Crippen LogP contribution in [0.3, 0.4) is 0 Å². The van der Waals surface area contributed by atoms with Gasteiger partial charge in [0.2, 0.25) is 0 Å². The predicted molar refractivity (Wildman–Crippen MR) is 166 cm³/mol. The van der Waals surface area contributed by atoms with Crippen molar-refractivity contribution in [1.82, 2.24) is 4.90 Å². The van der Waals surface area contributed by atoms with Crippen molar-refractivity contribution in [2.24, 2.45) is 11.3 Å². The van der Waals surface area contributed by atoms with Crippen molar-refractivity contribution in [3.8, 4) is 0 Å². The van der Waals surface area contributed by atoms with Crippen LogP contribution in [-0.4, -0.2) is 22.4 Å². The van der Waals surface area contributed by atoms with Gasteiger partial charge < -0.3 is 10.2 Å². The number of carbonyl (C=O) groups is 1. The molecular formula is C35H40F3N3O3. The van der Waals surface area contributed by atoms with Crippen LogP contribution in [0.25, 0.3) is 0 Å². The van der Waals surface area contributed by atoms with Gasteiger partial charge in [0, 0.05) is 30.9 Å². The van der Waals surface area contributed by atoms with Crippen LogP contribution in [0.15, 0.2) is 66.7 Å². The summed E-state index contributed by atoms with van der Waals surface area (Å²) in [5, 5.41) is 14.0. The highest BCUT2D eigenvalue weighted by molar-refractivity contribution is 5.89. The molecule has 1 saturated carbocycles. The third kappa shape index (κ3) is 6.33. The summed E-state index contributed by atoms with van der Waals surface area (Å²) >= 11 is 0. The number of benzene rings is 3. The molecule has 1 N–H and O–H groups in total. The molecule has 9 heteroatoms. The van der Waals surface area contributed by atoms with Crippen LogP contribution in [0.4, 0.5) is 29.3 Å². The van der Waals surface area contributed by atoms with Gasteiger partial charge in [-0.25, -0.2) is 4.79 Å². The highest BCUT2D eigenvalue weighted by Crippen LogP contribution is 2.57. The van der Waals surface area contributed by atoms with Crippen molar-refractivity contribution in [3.05, 3.63) is 105 Å². The van der Waals surface area contributed by atoms with Crippen LogP contribution >= 0.6 is 0 Å². The summed E-state index contributed by atoms with van der Waals surface area (Å²) in [6.45, 7) is 9.58. The number of nitrogens with zero attached hydrogens (tertiary/aromatic N) is 2. The lowest BCUT2D eigenvalue weighted by Crippen LogP contribution is -2.54. The van der Waals surface area contributed by atoms with E-state index in [1.54, 1.807) is 4.90 Å². The first kappa shape index (κ1) is 31.5. The Labute approximate surface area is 256 Å². The first-order chi connectivity index (χ1) is 20.7. The van der Waals surface area contributed by atoms with Crippen molar-refractivity contribution < 1.29 is 22.9 Å². The average Bonchev–Trinajstić information content (AvgIpc) is 2.96. The lowest BCUT2D eigenvalue weighted by atomic mass is 9.49. The number of nitro groups is 1. The molecule has 0 radical (unpaired) electrons. The Balaban J connectivity index is 1.44. The van der Waals surface area contributed by atoms with Crippen LogP contribution < -0.4 is 5.32 Å². The standard InChI is InChI=1S/C35H40F3N3O3/c1-23(2)25-8-16-30-26(20-25)9-17-31-33(3,18-5-19-34(30,31)4)22-40(21-24-6-10-27(11-7-24)35(36,37)38)32(42)39-28-12-14-29(15-13-28)41(43)44/h6-8,10-16,20,23,31H,5,9,17-19,21-22H2,1-4H3,(H,39,42). The second kappa shape index (κ2) is 11.9. The van der Waals surface area contributed by atoms with Gasteiger partial charge in [-0.1, -0.05) is 64.4 Å². The maximum absolute atomic E-state index is 13.8. The predicted octanol–water partition coefficient (Wildman–Crippen LogP) is 9.48. The minimum Gasteiger partial charge on any atom is -0.320 e. The molecule has 0 aromatic heterocycles. The van der Waals surface area contributed by atoms with E-state index in [0.29, 0.717) is 29.6 Å². The van der Waals surface area contributed by atoms with E-state index in [1.807, 2.05) is 0 Å². The van der Waals surface area contributed by atoms with Gasteiger partial charge in [-0.05, 0) is 94.9 Å². The number of anilines is 1. The number of carbonyl (C=O) groups excluding carboxylic acids is 1. The van der Waals surface area contributed by atoms with Gasteiger partial charge in [0.15, 0.2) is 0 Å². The Morgan fingerprint density at radius 1 is 1.05 bits per heavy atom. The van der Waals surface area contributed by atoms with Gasteiger partial charge >= 0.3 is 12.2 Å². The minimum absolute atomic E-state index is 0.0506. The Bertz CT molecular complexity index is 1520. The molecule has 5 rings (SSSR count). The minimum atomic E-state index is -4.45. The van der Waals surface area contributed by atoms with Crippen molar-refractivity contribution in [1.29, 1.82) is 0 Å². The molecule has 0 aliphatic heterocycles. The lowest BCUT2D eigenvalue weighted by molar-refractivity contribution is -0.384. The van der Waals surface area contributed by atoms with Gasteiger partial charge in [0.1, 0.15) is 0 Å². The number of non-ortho nitro benzene ring substituents is 1. The molecule has 0 spiro atoms. The second-order valence-electron chi connectivity index (χ2n) is 13.4. The SMILES string of the molecule is CC(C)c1ccc2c(c1)CCC1C(C)(CN(Cc3ccc(C(F)(F)F)cc3)C(=O)Nc3ccc([N+](=O)[O-])cc3)CCCC21C. The normalized spacial score (nSPS) is 23.0. The van der Waals surface area contributed by atoms with Crippen molar-refractivity contribution in [2.45, 2.75) is 83.9 Å². The Morgan fingerprint density at radius 2 is 1.73 bits per heavy atom. The largest absolute Gasteiger partial charge is 0.416 e. The number of nitrogens with one attached hydrogen (secondary N) is 1. The van der Waals surface area contributed by atoms with E-state index in [9.17, 15) is 28.1 Å². The maximum atomic E-state index is 13.8. The number of fused-ring (bicyclic) bond motifs is 3. The first-order valence-electron chi connectivity index (χ1n) is 15.3. The first-order valence-corrected chi connectivity index (χ1v) is 15.3. The van der Waals surface area contributed by atoms with E-state index in [2.05, 4.69) is 51.2 Å². The molecule has 0 bridgehead atoms. The van der Waals surface area contributed by atoms with E-state index in [4.69, 9.17) is 0 Å². The van der Waals surface area contributed by atoms with Gasteiger partial charge in [0.05, 0.1) is 10.5 Å². The smallest absolute Gasteiger partial charge is 0.320 e. The molecule has 2 amide bonds. The monoisotopic (exact) mass is 607 g/mol. The summed E-state index contributed by atoms with van der Waals surface area (Å²) < 4.78 is 39.7. The molecule has 0 heterocycles. The summed E-state index contributed by atoms with van der Waals surface area (Å²) in [5.41, 5.74) is 4.04. The highest BCUT2D eigenvalue weighted by atomic mass is 19.4. The van der Waals surface area contributed by atoms with Crippen LogP contribution in [0.2, 0.25) is 0 Å². The van der Waals surface area contributed by atoms with Gasteiger partial charge in [-0.15, -0.1) is 0 Å². The van der Waals surface area contributed by atoms with Crippen LogP contribution in [0.1, 0.15) is 87.1 Å². The van der Waals surface area contributed by atoms with E-state index >= 15 is 0 Å². The zero-order valence-electron chi connectivity index (χ0n) is 25.7.